The fourth-order valence-corrected chi connectivity index (χ4v) is 4.17. The lowest BCUT2D eigenvalue weighted by molar-refractivity contribution is 0.0263. The van der Waals surface area contributed by atoms with E-state index in [9.17, 15) is 0 Å². The van der Waals surface area contributed by atoms with Gasteiger partial charge in [-0.25, -0.2) is 0 Å². The standard InChI is InChI=1S/C22H29N3O/c1-2-4-20(5-3-1)17-26-21-8-6-19(7-9-21)16-25-15-14-24-18-22(25)10-12-23-13-11-22/h1-9,23-24H,10-18H2. The lowest BCUT2D eigenvalue weighted by Crippen LogP contribution is -2.64. The van der Waals surface area contributed by atoms with Gasteiger partial charge in [0.25, 0.3) is 0 Å². The van der Waals surface area contributed by atoms with E-state index < -0.39 is 0 Å². The number of piperazine rings is 1. The van der Waals surface area contributed by atoms with E-state index in [1.807, 2.05) is 18.2 Å². The summed E-state index contributed by atoms with van der Waals surface area (Å²) in [5.41, 5.74) is 2.90. The summed E-state index contributed by atoms with van der Waals surface area (Å²) in [5, 5.41) is 7.12. The number of nitrogens with zero attached hydrogens (tertiary/aromatic N) is 1. The number of hydrogen-bond acceptors (Lipinski definition) is 4. The molecule has 2 aromatic carbocycles. The first-order chi connectivity index (χ1) is 12.8. The van der Waals surface area contributed by atoms with Gasteiger partial charge in [0.05, 0.1) is 0 Å². The molecule has 0 radical (unpaired) electrons. The van der Waals surface area contributed by atoms with Crippen LogP contribution in [0.5, 0.6) is 5.75 Å². The molecule has 0 aromatic heterocycles. The van der Waals surface area contributed by atoms with Gasteiger partial charge in [0.1, 0.15) is 12.4 Å². The van der Waals surface area contributed by atoms with Crippen molar-refractivity contribution in [1.82, 2.24) is 15.5 Å². The van der Waals surface area contributed by atoms with Gasteiger partial charge in [0.15, 0.2) is 0 Å². The zero-order valence-electron chi connectivity index (χ0n) is 15.4. The SMILES string of the molecule is c1ccc(COc2ccc(CN3CCNCC34CCNCC4)cc2)cc1. The first kappa shape index (κ1) is 17.5. The van der Waals surface area contributed by atoms with E-state index in [4.69, 9.17) is 4.74 Å². The van der Waals surface area contributed by atoms with E-state index in [1.54, 1.807) is 0 Å². The number of rotatable bonds is 5. The normalized spacial score (nSPS) is 20.2. The Morgan fingerprint density at radius 2 is 1.62 bits per heavy atom. The second-order valence-electron chi connectivity index (χ2n) is 7.49. The molecule has 4 heteroatoms. The molecule has 0 bridgehead atoms. The Labute approximate surface area is 156 Å². The maximum absolute atomic E-state index is 5.91. The van der Waals surface area contributed by atoms with Crippen LogP contribution in [0.2, 0.25) is 0 Å². The second kappa shape index (κ2) is 8.21. The van der Waals surface area contributed by atoms with Gasteiger partial charge in [-0.3, -0.25) is 4.90 Å². The minimum atomic E-state index is 0.325. The second-order valence-corrected chi connectivity index (χ2v) is 7.49. The van der Waals surface area contributed by atoms with Crippen LogP contribution >= 0.6 is 0 Å². The Bertz CT molecular complexity index is 672. The summed E-state index contributed by atoms with van der Waals surface area (Å²) in [4.78, 5) is 2.70. The van der Waals surface area contributed by atoms with Gasteiger partial charge in [-0.15, -0.1) is 0 Å². The highest BCUT2D eigenvalue weighted by Crippen LogP contribution is 2.29. The van der Waals surface area contributed by atoms with Crippen LogP contribution in [-0.2, 0) is 13.2 Å². The number of hydrogen-bond donors (Lipinski definition) is 2. The van der Waals surface area contributed by atoms with Crippen LogP contribution in [0, 0.1) is 0 Å². The Kier molecular flexibility index (Phi) is 5.54. The van der Waals surface area contributed by atoms with Crippen molar-refractivity contribution < 1.29 is 4.74 Å². The molecule has 0 amide bonds. The third-order valence-corrected chi connectivity index (χ3v) is 5.76. The fraction of sp³-hybridized carbons (Fsp3) is 0.455. The van der Waals surface area contributed by atoms with Crippen LogP contribution in [0.4, 0.5) is 0 Å². The highest BCUT2D eigenvalue weighted by Gasteiger charge is 2.39. The molecule has 2 aliphatic heterocycles. The highest BCUT2D eigenvalue weighted by atomic mass is 16.5. The van der Waals surface area contributed by atoms with Gasteiger partial charge in [0, 0.05) is 31.7 Å². The molecule has 2 aromatic rings. The largest absolute Gasteiger partial charge is 0.489 e. The fourth-order valence-electron chi connectivity index (χ4n) is 4.17. The summed E-state index contributed by atoms with van der Waals surface area (Å²) in [6, 6.07) is 19.0. The molecule has 2 fully saturated rings. The molecule has 0 atom stereocenters. The van der Waals surface area contributed by atoms with Gasteiger partial charge in [0.2, 0.25) is 0 Å². The molecule has 1 spiro atoms. The zero-order chi connectivity index (χ0) is 17.7. The van der Waals surface area contributed by atoms with Crippen molar-refractivity contribution in [2.45, 2.75) is 31.5 Å². The van der Waals surface area contributed by atoms with Gasteiger partial charge in [-0.2, -0.15) is 0 Å². The summed E-state index contributed by atoms with van der Waals surface area (Å²) >= 11 is 0. The summed E-state index contributed by atoms with van der Waals surface area (Å²) < 4.78 is 5.91. The summed E-state index contributed by atoms with van der Waals surface area (Å²) in [5.74, 6) is 0.939. The maximum Gasteiger partial charge on any atom is 0.119 e. The van der Waals surface area contributed by atoms with Gasteiger partial charge in [-0.1, -0.05) is 42.5 Å². The van der Waals surface area contributed by atoms with Crippen molar-refractivity contribution in [3.8, 4) is 5.75 Å². The van der Waals surface area contributed by atoms with E-state index in [2.05, 4.69) is 51.9 Å². The van der Waals surface area contributed by atoms with Crippen molar-refractivity contribution in [1.29, 1.82) is 0 Å². The molecule has 2 heterocycles. The van der Waals surface area contributed by atoms with Crippen molar-refractivity contribution in [3.63, 3.8) is 0 Å². The molecular weight excluding hydrogens is 322 g/mol. The van der Waals surface area contributed by atoms with Crippen LogP contribution < -0.4 is 15.4 Å². The molecular formula is C22H29N3O. The number of ether oxygens (including phenoxy) is 1. The van der Waals surface area contributed by atoms with Crippen LogP contribution in [-0.4, -0.2) is 43.2 Å². The van der Waals surface area contributed by atoms with Crippen LogP contribution in [0.1, 0.15) is 24.0 Å². The molecule has 0 unspecified atom stereocenters. The molecule has 2 saturated heterocycles. The predicted molar refractivity (Wildman–Crippen MR) is 105 cm³/mol. The quantitative estimate of drug-likeness (QED) is 0.869. The summed E-state index contributed by atoms with van der Waals surface area (Å²) in [6.07, 6.45) is 2.47. The van der Waals surface area contributed by atoms with E-state index in [0.717, 1.165) is 45.0 Å². The lowest BCUT2D eigenvalue weighted by atomic mass is 9.84. The van der Waals surface area contributed by atoms with Gasteiger partial charge >= 0.3 is 0 Å². The summed E-state index contributed by atoms with van der Waals surface area (Å²) in [7, 11) is 0. The smallest absolute Gasteiger partial charge is 0.119 e. The van der Waals surface area contributed by atoms with Crippen LogP contribution in [0.3, 0.4) is 0 Å². The predicted octanol–water partition coefficient (Wildman–Crippen LogP) is 2.79. The Morgan fingerprint density at radius 1 is 0.846 bits per heavy atom. The van der Waals surface area contributed by atoms with E-state index in [-0.39, 0.29) is 0 Å². The number of piperidine rings is 1. The van der Waals surface area contributed by atoms with E-state index in [1.165, 1.54) is 24.0 Å². The van der Waals surface area contributed by atoms with E-state index >= 15 is 0 Å². The van der Waals surface area contributed by atoms with Crippen molar-refractivity contribution in [2.75, 3.05) is 32.7 Å². The Hall–Kier alpha value is -1.88. The first-order valence-electron chi connectivity index (χ1n) is 9.76. The Morgan fingerprint density at radius 3 is 2.38 bits per heavy atom. The van der Waals surface area contributed by atoms with Crippen molar-refractivity contribution in [3.05, 3.63) is 65.7 Å². The first-order valence-corrected chi connectivity index (χ1v) is 9.76. The third kappa shape index (κ3) is 4.09. The molecule has 2 aliphatic rings. The van der Waals surface area contributed by atoms with Crippen LogP contribution in [0.25, 0.3) is 0 Å². The average molecular weight is 351 g/mol. The average Bonchev–Trinajstić information content (AvgIpc) is 2.71. The minimum absolute atomic E-state index is 0.325. The molecule has 4 rings (SSSR count). The molecule has 0 saturated carbocycles. The number of nitrogens with one attached hydrogen (secondary N) is 2. The van der Waals surface area contributed by atoms with Gasteiger partial charge in [-0.05, 0) is 49.2 Å². The molecule has 2 N–H and O–H groups in total. The highest BCUT2D eigenvalue weighted by molar-refractivity contribution is 5.28. The maximum atomic E-state index is 5.91. The minimum Gasteiger partial charge on any atom is -0.489 e. The third-order valence-electron chi connectivity index (χ3n) is 5.76. The lowest BCUT2D eigenvalue weighted by Gasteiger charge is -2.50. The van der Waals surface area contributed by atoms with Crippen molar-refractivity contribution >= 4 is 0 Å². The molecule has 26 heavy (non-hydrogen) atoms. The van der Waals surface area contributed by atoms with Crippen molar-refractivity contribution in [2.24, 2.45) is 0 Å². The van der Waals surface area contributed by atoms with Gasteiger partial charge < -0.3 is 15.4 Å². The molecule has 0 aliphatic carbocycles. The monoisotopic (exact) mass is 351 g/mol. The summed E-state index contributed by atoms with van der Waals surface area (Å²) in [6.45, 7) is 7.25. The Balaban J connectivity index is 1.37. The number of benzene rings is 2. The zero-order valence-corrected chi connectivity index (χ0v) is 15.4. The molecule has 4 nitrogen and oxygen atoms in total. The van der Waals surface area contributed by atoms with Crippen LogP contribution in [0.15, 0.2) is 54.6 Å². The molecule has 138 valence electrons. The van der Waals surface area contributed by atoms with E-state index in [0.29, 0.717) is 12.1 Å². The topological polar surface area (TPSA) is 36.5 Å².